The van der Waals surface area contributed by atoms with Gasteiger partial charge >= 0.3 is 0 Å². The summed E-state index contributed by atoms with van der Waals surface area (Å²) < 4.78 is 5.67. The standard InChI is InChI=1S/C19H26N2O2/c1-13(2)18-15(10-12-23-18)19(22)20-16-9-11-21(3)17(16)14-7-5-4-6-8-14/h4-8,15-18H,1,9-12H2,2-3H3,(H,20,22)/t15-,16-,17+,18-/m1/s1. The Bertz CT molecular complexity index is 572. The van der Waals surface area contributed by atoms with Gasteiger partial charge in [-0.2, -0.15) is 0 Å². The van der Waals surface area contributed by atoms with Crippen LogP contribution in [0.1, 0.15) is 31.4 Å². The molecule has 124 valence electrons. The minimum atomic E-state index is -0.135. The Balaban J connectivity index is 1.71. The number of amides is 1. The van der Waals surface area contributed by atoms with E-state index in [2.05, 4.69) is 48.1 Å². The van der Waals surface area contributed by atoms with Crippen molar-refractivity contribution in [2.24, 2.45) is 5.92 Å². The van der Waals surface area contributed by atoms with E-state index in [9.17, 15) is 4.79 Å². The molecule has 1 amide bonds. The van der Waals surface area contributed by atoms with E-state index in [1.165, 1.54) is 5.56 Å². The Morgan fingerprint density at radius 1 is 1.30 bits per heavy atom. The van der Waals surface area contributed by atoms with Gasteiger partial charge in [0.15, 0.2) is 0 Å². The highest BCUT2D eigenvalue weighted by molar-refractivity contribution is 5.80. The number of likely N-dealkylation sites (N-methyl/N-ethyl adjacent to an activating group) is 1. The average molecular weight is 314 g/mol. The van der Waals surface area contributed by atoms with Gasteiger partial charge in [0.1, 0.15) is 0 Å². The molecule has 0 aromatic heterocycles. The molecule has 2 aliphatic heterocycles. The van der Waals surface area contributed by atoms with Crippen molar-refractivity contribution in [1.29, 1.82) is 0 Å². The van der Waals surface area contributed by atoms with Crippen LogP contribution in [-0.4, -0.2) is 43.2 Å². The summed E-state index contributed by atoms with van der Waals surface area (Å²) in [5.41, 5.74) is 2.20. The number of likely N-dealkylation sites (tertiary alicyclic amines) is 1. The van der Waals surface area contributed by atoms with Crippen LogP contribution in [0.5, 0.6) is 0 Å². The summed E-state index contributed by atoms with van der Waals surface area (Å²) in [5.74, 6) is 0.00607. The number of ether oxygens (including phenoxy) is 1. The van der Waals surface area contributed by atoms with E-state index in [1.54, 1.807) is 0 Å². The van der Waals surface area contributed by atoms with Gasteiger partial charge in [0.05, 0.1) is 18.1 Å². The zero-order valence-electron chi connectivity index (χ0n) is 14.0. The molecule has 1 N–H and O–H groups in total. The van der Waals surface area contributed by atoms with Crippen LogP contribution in [0, 0.1) is 5.92 Å². The van der Waals surface area contributed by atoms with Gasteiger partial charge < -0.3 is 10.1 Å². The van der Waals surface area contributed by atoms with Crippen molar-refractivity contribution < 1.29 is 9.53 Å². The summed E-state index contributed by atoms with van der Waals surface area (Å²) in [4.78, 5) is 15.1. The molecular formula is C19H26N2O2. The van der Waals surface area contributed by atoms with Crippen LogP contribution in [0.25, 0.3) is 0 Å². The third-order valence-electron chi connectivity index (χ3n) is 5.03. The van der Waals surface area contributed by atoms with Crippen LogP contribution < -0.4 is 5.32 Å². The fourth-order valence-electron chi connectivity index (χ4n) is 3.87. The van der Waals surface area contributed by atoms with Crippen LogP contribution >= 0.6 is 0 Å². The van der Waals surface area contributed by atoms with Gasteiger partial charge in [-0.25, -0.2) is 0 Å². The van der Waals surface area contributed by atoms with Gasteiger partial charge in [0, 0.05) is 19.2 Å². The predicted molar refractivity (Wildman–Crippen MR) is 91.0 cm³/mol. The van der Waals surface area contributed by atoms with Gasteiger partial charge in [0.2, 0.25) is 5.91 Å². The van der Waals surface area contributed by atoms with E-state index in [0.29, 0.717) is 6.61 Å². The lowest BCUT2D eigenvalue weighted by molar-refractivity contribution is -0.127. The molecule has 0 aliphatic carbocycles. The zero-order chi connectivity index (χ0) is 16.4. The van der Waals surface area contributed by atoms with Crippen LogP contribution in [0.4, 0.5) is 0 Å². The maximum atomic E-state index is 12.7. The van der Waals surface area contributed by atoms with E-state index in [0.717, 1.165) is 25.0 Å². The normalized spacial score (nSPS) is 31.2. The first kappa shape index (κ1) is 16.2. The van der Waals surface area contributed by atoms with E-state index in [4.69, 9.17) is 4.74 Å². The number of benzene rings is 1. The Hall–Kier alpha value is -1.65. The molecule has 1 aromatic carbocycles. The molecule has 2 aliphatic rings. The lowest BCUT2D eigenvalue weighted by atomic mass is 9.94. The minimum absolute atomic E-state index is 0.102. The molecule has 3 rings (SSSR count). The fourth-order valence-corrected chi connectivity index (χ4v) is 3.87. The molecule has 0 spiro atoms. The summed E-state index contributed by atoms with van der Waals surface area (Å²) in [5, 5.41) is 3.28. The quantitative estimate of drug-likeness (QED) is 0.868. The average Bonchev–Trinajstić information content (AvgIpc) is 3.15. The molecule has 2 heterocycles. The second-order valence-corrected chi connectivity index (χ2v) is 6.77. The van der Waals surface area contributed by atoms with Crippen LogP contribution in [0.2, 0.25) is 0 Å². The molecule has 0 saturated carbocycles. The highest BCUT2D eigenvalue weighted by Gasteiger charge is 2.39. The third kappa shape index (κ3) is 3.33. The SMILES string of the molecule is C=C(C)[C@H]1OCC[C@H]1C(=O)N[C@@H]1CCN(C)[C@H]1c1ccccc1. The van der Waals surface area contributed by atoms with Gasteiger partial charge in [-0.3, -0.25) is 9.69 Å². The predicted octanol–water partition coefficient (Wildman–Crippen LogP) is 2.53. The molecule has 2 saturated heterocycles. The van der Waals surface area contributed by atoms with Crippen molar-refractivity contribution in [1.82, 2.24) is 10.2 Å². The van der Waals surface area contributed by atoms with Gasteiger partial charge in [-0.05, 0) is 32.4 Å². The second kappa shape index (κ2) is 6.85. The van der Waals surface area contributed by atoms with E-state index < -0.39 is 0 Å². The molecular weight excluding hydrogens is 288 g/mol. The smallest absolute Gasteiger partial charge is 0.226 e. The first-order valence-electron chi connectivity index (χ1n) is 8.40. The molecule has 23 heavy (non-hydrogen) atoms. The molecule has 4 nitrogen and oxygen atoms in total. The number of nitrogens with one attached hydrogen (secondary N) is 1. The number of carbonyl (C=O) groups excluding carboxylic acids is 1. The van der Waals surface area contributed by atoms with Gasteiger partial charge in [0.25, 0.3) is 0 Å². The topological polar surface area (TPSA) is 41.6 Å². The van der Waals surface area contributed by atoms with Crippen molar-refractivity contribution in [2.45, 2.75) is 38.0 Å². The van der Waals surface area contributed by atoms with Crippen molar-refractivity contribution in [3.8, 4) is 0 Å². The Labute approximate surface area is 138 Å². The highest BCUT2D eigenvalue weighted by atomic mass is 16.5. The number of hydrogen-bond donors (Lipinski definition) is 1. The molecule has 1 aromatic rings. The molecule has 0 bridgehead atoms. The zero-order valence-corrected chi connectivity index (χ0v) is 14.0. The summed E-state index contributed by atoms with van der Waals surface area (Å²) in [6, 6.07) is 10.8. The maximum absolute atomic E-state index is 12.7. The highest BCUT2D eigenvalue weighted by Crippen LogP contribution is 2.32. The summed E-state index contributed by atoms with van der Waals surface area (Å²) in [7, 11) is 2.12. The van der Waals surface area contributed by atoms with Crippen molar-refractivity contribution in [3.63, 3.8) is 0 Å². The number of hydrogen-bond acceptors (Lipinski definition) is 3. The van der Waals surface area contributed by atoms with Crippen molar-refractivity contribution >= 4 is 5.91 Å². The molecule has 0 radical (unpaired) electrons. The van der Waals surface area contributed by atoms with Crippen LogP contribution in [0.3, 0.4) is 0 Å². The van der Waals surface area contributed by atoms with Crippen LogP contribution in [-0.2, 0) is 9.53 Å². The van der Waals surface area contributed by atoms with E-state index in [1.807, 2.05) is 13.0 Å². The van der Waals surface area contributed by atoms with Gasteiger partial charge in [-0.15, -0.1) is 0 Å². The lowest BCUT2D eigenvalue weighted by Gasteiger charge is -2.28. The fraction of sp³-hybridized carbons (Fsp3) is 0.526. The molecule has 2 fully saturated rings. The minimum Gasteiger partial charge on any atom is -0.373 e. The third-order valence-corrected chi connectivity index (χ3v) is 5.03. The van der Waals surface area contributed by atoms with Crippen molar-refractivity contribution in [3.05, 3.63) is 48.0 Å². The number of nitrogens with zero attached hydrogens (tertiary/aromatic N) is 1. The van der Waals surface area contributed by atoms with E-state index in [-0.39, 0.29) is 30.0 Å². The summed E-state index contributed by atoms with van der Waals surface area (Å²) in [6.07, 6.45) is 1.62. The van der Waals surface area contributed by atoms with Gasteiger partial charge in [-0.1, -0.05) is 42.5 Å². The van der Waals surface area contributed by atoms with Crippen LogP contribution in [0.15, 0.2) is 42.5 Å². The number of carbonyl (C=O) groups is 1. The largest absolute Gasteiger partial charge is 0.373 e. The summed E-state index contributed by atoms with van der Waals surface area (Å²) in [6.45, 7) is 7.54. The first-order chi connectivity index (χ1) is 11.1. The Kier molecular flexibility index (Phi) is 4.83. The Morgan fingerprint density at radius 3 is 2.74 bits per heavy atom. The first-order valence-corrected chi connectivity index (χ1v) is 8.40. The summed E-state index contributed by atoms with van der Waals surface area (Å²) >= 11 is 0. The Morgan fingerprint density at radius 2 is 2.04 bits per heavy atom. The molecule has 4 atom stereocenters. The molecule has 4 heteroatoms. The monoisotopic (exact) mass is 314 g/mol. The van der Waals surface area contributed by atoms with Crippen molar-refractivity contribution in [2.75, 3.05) is 20.2 Å². The van der Waals surface area contributed by atoms with E-state index >= 15 is 0 Å². The second-order valence-electron chi connectivity index (χ2n) is 6.77. The maximum Gasteiger partial charge on any atom is 0.226 e. The lowest BCUT2D eigenvalue weighted by Crippen LogP contribution is -2.44. The number of rotatable bonds is 4. The molecule has 0 unspecified atom stereocenters.